The van der Waals surface area contributed by atoms with E-state index < -0.39 is 0 Å². The van der Waals surface area contributed by atoms with Crippen molar-refractivity contribution in [1.82, 2.24) is 9.97 Å². The molecule has 0 amide bonds. The standard InChI is InChI=1S/C18H12N2O2S2/c21-15-13(11-7-3-1-4-8-11)23-17(19-15)18-20-16(22)14(24-18)12-9-5-2-6-10-12/h1-10,21-22H. The monoisotopic (exact) mass is 352 g/mol. The molecular formula is C18H12N2O2S2. The van der Waals surface area contributed by atoms with E-state index in [2.05, 4.69) is 9.97 Å². The van der Waals surface area contributed by atoms with Gasteiger partial charge in [-0.2, -0.15) is 9.97 Å². The maximum absolute atomic E-state index is 10.2. The highest BCUT2D eigenvalue weighted by Crippen LogP contribution is 2.44. The van der Waals surface area contributed by atoms with Crippen LogP contribution in [0.3, 0.4) is 0 Å². The molecule has 0 radical (unpaired) electrons. The molecular weight excluding hydrogens is 340 g/mol. The van der Waals surface area contributed by atoms with Crippen LogP contribution in [-0.4, -0.2) is 20.2 Å². The molecule has 0 saturated carbocycles. The minimum absolute atomic E-state index is 0.0165. The SMILES string of the molecule is Oc1nc(-c2nc(O)c(-c3ccccc3)s2)sc1-c1ccccc1. The van der Waals surface area contributed by atoms with E-state index >= 15 is 0 Å². The average molecular weight is 352 g/mol. The number of aromatic hydroxyl groups is 2. The molecule has 0 fully saturated rings. The largest absolute Gasteiger partial charge is 0.492 e. The summed E-state index contributed by atoms with van der Waals surface area (Å²) in [7, 11) is 0. The molecule has 4 nitrogen and oxygen atoms in total. The molecule has 2 heterocycles. The maximum Gasteiger partial charge on any atom is 0.230 e. The lowest BCUT2D eigenvalue weighted by Gasteiger charge is -1.95. The van der Waals surface area contributed by atoms with Crippen molar-refractivity contribution in [2.24, 2.45) is 0 Å². The van der Waals surface area contributed by atoms with Crippen LogP contribution >= 0.6 is 22.7 Å². The molecule has 0 aliphatic rings. The van der Waals surface area contributed by atoms with Crippen LogP contribution in [0.2, 0.25) is 0 Å². The summed E-state index contributed by atoms with van der Waals surface area (Å²) in [4.78, 5) is 9.82. The molecule has 2 N–H and O–H groups in total. The predicted molar refractivity (Wildman–Crippen MR) is 97.4 cm³/mol. The van der Waals surface area contributed by atoms with E-state index in [9.17, 15) is 10.2 Å². The zero-order valence-electron chi connectivity index (χ0n) is 12.4. The van der Waals surface area contributed by atoms with Crippen LogP contribution in [-0.2, 0) is 0 Å². The van der Waals surface area contributed by atoms with Gasteiger partial charge in [-0.3, -0.25) is 0 Å². The third-order valence-corrected chi connectivity index (χ3v) is 5.80. The highest BCUT2D eigenvalue weighted by molar-refractivity contribution is 7.25. The molecule has 2 aromatic heterocycles. The summed E-state index contributed by atoms with van der Waals surface area (Å²) in [5, 5.41) is 21.5. The Morgan fingerprint density at radius 3 is 1.33 bits per heavy atom. The van der Waals surface area contributed by atoms with Gasteiger partial charge in [-0.1, -0.05) is 60.7 Å². The first kappa shape index (κ1) is 14.9. The third kappa shape index (κ3) is 2.66. The van der Waals surface area contributed by atoms with Crippen LogP contribution in [0.15, 0.2) is 60.7 Å². The molecule has 118 valence electrons. The van der Waals surface area contributed by atoms with Gasteiger partial charge in [0, 0.05) is 0 Å². The lowest BCUT2D eigenvalue weighted by Crippen LogP contribution is -1.73. The van der Waals surface area contributed by atoms with E-state index in [-0.39, 0.29) is 11.8 Å². The summed E-state index contributed by atoms with van der Waals surface area (Å²) >= 11 is 2.72. The first-order chi connectivity index (χ1) is 11.7. The van der Waals surface area contributed by atoms with E-state index in [1.807, 2.05) is 60.7 Å². The molecule has 4 aromatic rings. The summed E-state index contributed by atoms with van der Waals surface area (Å²) in [5.41, 5.74) is 1.81. The minimum atomic E-state index is -0.0165. The Labute approximate surface area is 146 Å². The van der Waals surface area contributed by atoms with Crippen LogP contribution < -0.4 is 0 Å². The molecule has 0 unspecified atom stereocenters. The number of nitrogens with zero attached hydrogens (tertiary/aromatic N) is 2. The first-order valence-corrected chi connectivity index (χ1v) is 8.86. The van der Waals surface area contributed by atoms with Crippen molar-refractivity contribution >= 4 is 22.7 Å². The van der Waals surface area contributed by atoms with Gasteiger partial charge in [0.05, 0.1) is 9.75 Å². The molecule has 0 aliphatic heterocycles. The fourth-order valence-corrected chi connectivity index (χ4v) is 4.31. The van der Waals surface area contributed by atoms with Crippen LogP contribution in [0.1, 0.15) is 0 Å². The average Bonchev–Trinajstić information content (AvgIpc) is 3.19. The summed E-state index contributed by atoms with van der Waals surface area (Å²) < 4.78 is 0. The molecule has 0 bridgehead atoms. The summed E-state index contributed by atoms with van der Waals surface area (Å²) in [6.07, 6.45) is 0. The Morgan fingerprint density at radius 2 is 0.958 bits per heavy atom. The van der Waals surface area contributed by atoms with Crippen molar-refractivity contribution in [3.05, 3.63) is 60.7 Å². The number of benzene rings is 2. The van der Waals surface area contributed by atoms with Crippen molar-refractivity contribution in [2.75, 3.05) is 0 Å². The van der Waals surface area contributed by atoms with Gasteiger partial charge in [-0.25, -0.2) is 0 Å². The molecule has 0 spiro atoms. The minimum Gasteiger partial charge on any atom is -0.492 e. The van der Waals surface area contributed by atoms with Gasteiger partial charge >= 0.3 is 0 Å². The highest BCUT2D eigenvalue weighted by atomic mass is 32.1. The molecule has 0 atom stereocenters. The summed E-state index contributed by atoms with van der Waals surface area (Å²) in [6.45, 7) is 0. The molecule has 6 heteroatoms. The number of hydrogen-bond acceptors (Lipinski definition) is 6. The topological polar surface area (TPSA) is 66.2 Å². The van der Waals surface area contributed by atoms with Gasteiger partial charge in [0.15, 0.2) is 10.0 Å². The Balaban J connectivity index is 1.76. The van der Waals surface area contributed by atoms with Crippen molar-refractivity contribution in [2.45, 2.75) is 0 Å². The Hall–Kier alpha value is -2.70. The summed E-state index contributed by atoms with van der Waals surface area (Å²) in [6, 6.07) is 19.2. The molecule has 2 aromatic carbocycles. The van der Waals surface area contributed by atoms with Gasteiger partial charge < -0.3 is 10.2 Å². The predicted octanol–water partition coefficient (Wildman–Crippen LogP) is 5.01. The van der Waals surface area contributed by atoms with Crippen LogP contribution in [0.25, 0.3) is 30.9 Å². The lowest BCUT2D eigenvalue weighted by molar-refractivity contribution is 0.457. The van der Waals surface area contributed by atoms with Crippen molar-refractivity contribution in [3.63, 3.8) is 0 Å². The van der Waals surface area contributed by atoms with Gasteiger partial charge in [0.2, 0.25) is 11.8 Å². The van der Waals surface area contributed by atoms with Crippen LogP contribution in [0.5, 0.6) is 11.8 Å². The molecule has 4 rings (SSSR count). The van der Waals surface area contributed by atoms with Gasteiger partial charge in [-0.05, 0) is 11.1 Å². The van der Waals surface area contributed by atoms with E-state index in [0.29, 0.717) is 19.8 Å². The summed E-state index contributed by atoms with van der Waals surface area (Å²) in [5.74, 6) is -0.0331. The quantitative estimate of drug-likeness (QED) is 0.544. The van der Waals surface area contributed by atoms with Crippen LogP contribution in [0.4, 0.5) is 0 Å². The zero-order chi connectivity index (χ0) is 16.5. The second-order valence-corrected chi connectivity index (χ2v) is 7.07. The van der Waals surface area contributed by atoms with Gasteiger partial charge in [0.1, 0.15) is 0 Å². The highest BCUT2D eigenvalue weighted by Gasteiger charge is 2.19. The van der Waals surface area contributed by atoms with Gasteiger partial charge in [-0.15, -0.1) is 22.7 Å². The Morgan fingerprint density at radius 1 is 0.583 bits per heavy atom. The second-order valence-electron chi connectivity index (χ2n) is 5.08. The normalized spacial score (nSPS) is 10.8. The molecule has 24 heavy (non-hydrogen) atoms. The van der Waals surface area contributed by atoms with E-state index in [0.717, 1.165) is 11.1 Å². The van der Waals surface area contributed by atoms with Crippen molar-refractivity contribution in [1.29, 1.82) is 0 Å². The van der Waals surface area contributed by atoms with E-state index in [1.165, 1.54) is 22.7 Å². The Bertz CT molecular complexity index is 897. The second kappa shape index (κ2) is 6.07. The number of aromatic nitrogens is 2. The maximum atomic E-state index is 10.2. The van der Waals surface area contributed by atoms with E-state index in [1.54, 1.807) is 0 Å². The fraction of sp³-hybridized carbons (Fsp3) is 0. The fourth-order valence-electron chi connectivity index (χ4n) is 2.36. The van der Waals surface area contributed by atoms with Gasteiger partial charge in [0.25, 0.3) is 0 Å². The van der Waals surface area contributed by atoms with Crippen molar-refractivity contribution < 1.29 is 10.2 Å². The molecule has 0 aliphatic carbocycles. The van der Waals surface area contributed by atoms with Crippen LogP contribution in [0, 0.1) is 0 Å². The Kier molecular flexibility index (Phi) is 3.76. The third-order valence-electron chi connectivity index (χ3n) is 3.47. The number of rotatable bonds is 3. The van der Waals surface area contributed by atoms with Crippen molar-refractivity contribution in [3.8, 4) is 42.7 Å². The first-order valence-electron chi connectivity index (χ1n) is 7.23. The lowest BCUT2D eigenvalue weighted by atomic mass is 10.2. The number of hydrogen-bond donors (Lipinski definition) is 2. The number of thiazole rings is 2. The van der Waals surface area contributed by atoms with E-state index in [4.69, 9.17) is 0 Å². The smallest absolute Gasteiger partial charge is 0.230 e. The zero-order valence-corrected chi connectivity index (χ0v) is 14.0. The molecule has 0 saturated heterocycles.